The SMILES string of the molecule is Cc1ccc(C(=O)O)cc1OC(=O)c1cc(I)cc(I)c1I. The molecule has 0 saturated carbocycles. The van der Waals surface area contributed by atoms with Crippen LogP contribution in [0.15, 0.2) is 30.3 Å². The first-order valence-corrected chi connectivity index (χ1v) is 9.24. The van der Waals surface area contributed by atoms with Crippen LogP contribution in [0.5, 0.6) is 5.75 Å². The van der Waals surface area contributed by atoms with Gasteiger partial charge in [0.15, 0.2) is 0 Å². The zero-order valence-electron chi connectivity index (χ0n) is 11.2. The van der Waals surface area contributed by atoms with Crippen molar-refractivity contribution >= 4 is 79.7 Å². The number of ether oxygens (including phenoxy) is 1. The Morgan fingerprint density at radius 2 is 1.77 bits per heavy atom. The smallest absolute Gasteiger partial charge is 0.344 e. The maximum absolute atomic E-state index is 12.4. The van der Waals surface area contributed by atoms with E-state index in [1.807, 2.05) is 6.07 Å². The van der Waals surface area contributed by atoms with E-state index < -0.39 is 11.9 Å². The molecule has 0 fully saturated rings. The highest BCUT2D eigenvalue weighted by Gasteiger charge is 2.17. The van der Waals surface area contributed by atoms with E-state index in [-0.39, 0.29) is 11.3 Å². The van der Waals surface area contributed by atoms with Crippen molar-refractivity contribution in [2.75, 3.05) is 0 Å². The van der Waals surface area contributed by atoms with Crippen molar-refractivity contribution in [1.29, 1.82) is 0 Å². The van der Waals surface area contributed by atoms with Crippen LogP contribution < -0.4 is 4.74 Å². The number of hydrogen-bond acceptors (Lipinski definition) is 3. The molecule has 0 radical (unpaired) electrons. The van der Waals surface area contributed by atoms with E-state index in [1.54, 1.807) is 19.1 Å². The second-order valence-corrected chi connectivity index (χ2v) is 7.91. The normalized spacial score (nSPS) is 10.4. The van der Waals surface area contributed by atoms with Gasteiger partial charge in [0.25, 0.3) is 0 Å². The average Bonchev–Trinajstić information content (AvgIpc) is 2.44. The lowest BCUT2D eigenvalue weighted by Crippen LogP contribution is -2.13. The van der Waals surface area contributed by atoms with Gasteiger partial charge < -0.3 is 9.84 Å². The van der Waals surface area contributed by atoms with Crippen LogP contribution in [0, 0.1) is 17.6 Å². The number of aromatic carboxylic acids is 1. The van der Waals surface area contributed by atoms with Crippen molar-refractivity contribution in [2.24, 2.45) is 0 Å². The largest absolute Gasteiger partial charge is 0.478 e. The Balaban J connectivity index is 2.37. The Morgan fingerprint density at radius 3 is 2.41 bits per heavy atom. The quantitative estimate of drug-likeness (QED) is 0.230. The van der Waals surface area contributed by atoms with Gasteiger partial charge in [0.2, 0.25) is 0 Å². The van der Waals surface area contributed by atoms with Crippen LogP contribution >= 0.6 is 67.8 Å². The minimum atomic E-state index is -1.06. The molecule has 0 saturated heterocycles. The molecule has 7 heteroatoms. The molecule has 2 aromatic rings. The zero-order valence-corrected chi connectivity index (χ0v) is 17.7. The third-order valence-corrected chi connectivity index (χ3v) is 6.52. The standard InChI is InChI=1S/C15H9I3O4/c1-7-2-3-8(14(19)20)4-12(7)22-15(21)10-5-9(16)6-11(17)13(10)18/h2-6H,1H3,(H,19,20). The van der Waals surface area contributed by atoms with Gasteiger partial charge in [-0.2, -0.15) is 0 Å². The van der Waals surface area contributed by atoms with Crippen molar-refractivity contribution in [2.45, 2.75) is 6.92 Å². The number of carboxylic acid groups (broad SMARTS) is 1. The van der Waals surface area contributed by atoms with Gasteiger partial charge in [-0.15, -0.1) is 0 Å². The zero-order chi connectivity index (χ0) is 16.4. The average molecular weight is 634 g/mol. The molecule has 1 N–H and O–H groups in total. The lowest BCUT2D eigenvalue weighted by Gasteiger charge is -2.10. The summed E-state index contributed by atoms with van der Waals surface area (Å²) in [6.07, 6.45) is 0. The maximum Gasteiger partial charge on any atom is 0.344 e. The number of rotatable bonds is 3. The molecule has 22 heavy (non-hydrogen) atoms. The molecule has 0 bridgehead atoms. The number of esters is 1. The maximum atomic E-state index is 12.4. The van der Waals surface area contributed by atoms with Crippen LogP contribution in [-0.4, -0.2) is 17.0 Å². The van der Waals surface area contributed by atoms with Crippen molar-refractivity contribution in [3.63, 3.8) is 0 Å². The number of hydrogen-bond donors (Lipinski definition) is 1. The predicted octanol–water partition coefficient (Wildman–Crippen LogP) is 4.73. The van der Waals surface area contributed by atoms with Crippen LogP contribution in [0.1, 0.15) is 26.3 Å². The Labute approximate surface area is 168 Å². The number of carboxylic acids is 1. The van der Waals surface area contributed by atoms with Crippen LogP contribution in [0.25, 0.3) is 0 Å². The van der Waals surface area contributed by atoms with Crippen LogP contribution in [0.4, 0.5) is 0 Å². The molecule has 114 valence electrons. The summed E-state index contributed by atoms with van der Waals surface area (Å²) in [5, 5.41) is 9.02. The number of benzene rings is 2. The van der Waals surface area contributed by atoms with Crippen molar-refractivity contribution in [1.82, 2.24) is 0 Å². The molecule has 0 aliphatic rings. The molecule has 4 nitrogen and oxygen atoms in total. The Bertz CT molecular complexity index is 772. The molecule has 2 aromatic carbocycles. The van der Waals surface area contributed by atoms with Gasteiger partial charge in [0.1, 0.15) is 5.75 Å². The molecule has 0 amide bonds. The Kier molecular flexibility index (Phi) is 6.05. The molecule has 0 aliphatic carbocycles. The lowest BCUT2D eigenvalue weighted by atomic mass is 10.1. The van der Waals surface area contributed by atoms with Crippen molar-refractivity contribution in [3.05, 3.63) is 57.7 Å². The minimum absolute atomic E-state index is 0.0836. The lowest BCUT2D eigenvalue weighted by molar-refractivity contribution is 0.0687. The van der Waals surface area contributed by atoms with Gasteiger partial charge in [0, 0.05) is 10.7 Å². The van der Waals surface area contributed by atoms with Crippen LogP contribution in [0.3, 0.4) is 0 Å². The Morgan fingerprint density at radius 1 is 1.09 bits per heavy atom. The summed E-state index contributed by atoms with van der Waals surface area (Å²) >= 11 is 6.40. The van der Waals surface area contributed by atoms with Crippen LogP contribution in [-0.2, 0) is 0 Å². The fraction of sp³-hybridized carbons (Fsp3) is 0.0667. The van der Waals surface area contributed by atoms with Gasteiger partial charge in [-0.05, 0) is 105 Å². The summed E-state index contributed by atoms with van der Waals surface area (Å²) < 4.78 is 8.12. The topological polar surface area (TPSA) is 63.6 Å². The van der Waals surface area contributed by atoms with Crippen molar-refractivity contribution in [3.8, 4) is 5.75 Å². The monoisotopic (exact) mass is 634 g/mol. The summed E-state index contributed by atoms with van der Waals surface area (Å²) in [6, 6.07) is 8.18. The fourth-order valence-electron chi connectivity index (χ4n) is 1.70. The Hall–Kier alpha value is -0.430. The number of halogens is 3. The first-order chi connectivity index (χ1) is 10.3. The summed E-state index contributed by atoms with van der Waals surface area (Å²) in [7, 11) is 0. The van der Waals surface area contributed by atoms with E-state index in [0.29, 0.717) is 11.1 Å². The van der Waals surface area contributed by atoms with Gasteiger partial charge in [-0.1, -0.05) is 6.07 Å². The molecule has 0 unspecified atom stereocenters. The van der Waals surface area contributed by atoms with Crippen molar-refractivity contribution < 1.29 is 19.4 Å². The first-order valence-electron chi connectivity index (χ1n) is 6.00. The minimum Gasteiger partial charge on any atom is -0.478 e. The molecule has 0 aliphatic heterocycles. The van der Waals surface area contributed by atoms with E-state index in [9.17, 15) is 9.59 Å². The van der Waals surface area contributed by atoms with E-state index in [0.717, 1.165) is 10.7 Å². The molecule has 0 atom stereocenters. The van der Waals surface area contributed by atoms with E-state index in [1.165, 1.54) is 12.1 Å². The van der Waals surface area contributed by atoms with Gasteiger partial charge in [-0.3, -0.25) is 0 Å². The molecule has 2 rings (SSSR count). The summed E-state index contributed by atoms with van der Waals surface area (Å²) in [5.74, 6) is -1.29. The highest BCUT2D eigenvalue weighted by molar-refractivity contribution is 14.1. The summed E-state index contributed by atoms with van der Waals surface area (Å²) in [4.78, 5) is 23.4. The van der Waals surface area contributed by atoms with Crippen LogP contribution in [0.2, 0.25) is 0 Å². The van der Waals surface area contributed by atoms with E-state index >= 15 is 0 Å². The summed E-state index contributed by atoms with van der Waals surface area (Å²) in [5.41, 5.74) is 1.26. The number of carbonyl (C=O) groups is 2. The molecular weight excluding hydrogens is 625 g/mol. The fourth-order valence-corrected chi connectivity index (χ4v) is 4.08. The molecular formula is C15H9I3O4. The third-order valence-electron chi connectivity index (χ3n) is 2.85. The van der Waals surface area contributed by atoms with Gasteiger partial charge in [0.05, 0.1) is 11.1 Å². The number of carbonyl (C=O) groups excluding carboxylic acids is 1. The summed E-state index contributed by atoms with van der Waals surface area (Å²) in [6.45, 7) is 1.76. The first kappa shape index (κ1) is 17.9. The van der Waals surface area contributed by atoms with E-state index in [2.05, 4.69) is 67.8 Å². The number of aryl methyl sites for hydroxylation is 1. The second kappa shape index (κ2) is 7.43. The molecule has 0 heterocycles. The highest BCUT2D eigenvalue weighted by atomic mass is 127. The second-order valence-electron chi connectivity index (χ2n) is 4.42. The predicted molar refractivity (Wildman–Crippen MR) is 108 cm³/mol. The third kappa shape index (κ3) is 4.10. The highest BCUT2D eigenvalue weighted by Crippen LogP contribution is 2.26. The molecule has 0 aromatic heterocycles. The van der Waals surface area contributed by atoms with Gasteiger partial charge >= 0.3 is 11.9 Å². The van der Waals surface area contributed by atoms with E-state index in [4.69, 9.17) is 9.84 Å². The molecule has 0 spiro atoms. The van der Waals surface area contributed by atoms with Gasteiger partial charge in [-0.25, -0.2) is 9.59 Å².